The predicted octanol–water partition coefficient (Wildman–Crippen LogP) is 2.41. The van der Waals surface area contributed by atoms with Gasteiger partial charge in [-0.3, -0.25) is 0 Å². The molecular weight excluding hydrogens is 136 g/mol. The van der Waals surface area contributed by atoms with Crippen molar-refractivity contribution in [2.75, 3.05) is 0 Å². The molecule has 0 heterocycles. The summed E-state index contributed by atoms with van der Waals surface area (Å²) in [6.45, 7) is 4.04. The molecule has 0 amide bonds. The number of carbonyl (C=O) groups is 1. The molecule has 0 aromatic rings. The van der Waals surface area contributed by atoms with Crippen molar-refractivity contribution in [1.82, 2.24) is 0 Å². The summed E-state index contributed by atoms with van der Waals surface area (Å²) < 4.78 is 0. The normalized spacial score (nSPS) is 11.5. The number of aldehydes is 1. The Labute approximate surface area is 69.2 Å². The highest BCUT2D eigenvalue weighted by Gasteiger charge is 1.92. The van der Waals surface area contributed by atoms with Gasteiger partial charge in [-0.25, -0.2) is 0 Å². The van der Waals surface area contributed by atoms with E-state index in [1.54, 1.807) is 0 Å². The lowest BCUT2D eigenvalue weighted by Gasteiger charge is -1.91. The Morgan fingerprint density at radius 1 is 1.45 bits per heavy atom. The average molecular weight is 152 g/mol. The van der Waals surface area contributed by atoms with Gasteiger partial charge in [0.1, 0.15) is 6.29 Å². The average Bonchev–Trinajstić information content (AvgIpc) is 2.04. The van der Waals surface area contributed by atoms with Crippen molar-refractivity contribution < 1.29 is 4.79 Å². The number of unbranched alkanes of at least 4 members (excludes halogenated alkanes) is 2. The zero-order valence-corrected chi connectivity index (χ0v) is 7.39. The molecule has 0 spiro atoms. The highest BCUT2D eigenvalue weighted by molar-refractivity contribution is 5.53. The van der Waals surface area contributed by atoms with E-state index in [2.05, 4.69) is 18.8 Å². The minimum Gasteiger partial charge on any atom is -0.303 e. The zero-order valence-electron chi connectivity index (χ0n) is 7.39. The number of carbonyl (C=O) groups excluding carboxylic acids is 1. The predicted molar refractivity (Wildman–Crippen MR) is 47.1 cm³/mol. The lowest BCUT2D eigenvalue weighted by molar-refractivity contribution is -0.110. The van der Waals surface area contributed by atoms with Gasteiger partial charge in [0.15, 0.2) is 0 Å². The van der Waals surface area contributed by atoms with Gasteiger partial charge < -0.3 is 4.79 Å². The molecule has 0 radical (unpaired) electrons. The minimum absolute atomic E-state index is 0.101. The molecule has 11 heavy (non-hydrogen) atoms. The van der Waals surface area contributed by atoms with Crippen molar-refractivity contribution in [3.8, 4) is 11.8 Å². The van der Waals surface area contributed by atoms with Crippen molar-refractivity contribution in [3.63, 3.8) is 0 Å². The molecule has 0 aliphatic rings. The van der Waals surface area contributed by atoms with Crippen LogP contribution in [0.2, 0.25) is 0 Å². The van der Waals surface area contributed by atoms with E-state index < -0.39 is 0 Å². The first-order chi connectivity index (χ1) is 5.31. The third-order valence-electron chi connectivity index (χ3n) is 1.44. The van der Waals surface area contributed by atoms with E-state index >= 15 is 0 Å². The lowest BCUT2D eigenvalue weighted by atomic mass is 10.1. The molecule has 0 N–H and O–H groups in total. The fourth-order valence-corrected chi connectivity index (χ4v) is 0.635. The maximum atomic E-state index is 10.2. The summed E-state index contributed by atoms with van der Waals surface area (Å²) in [7, 11) is 0. The van der Waals surface area contributed by atoms with Crippen molar-refractivity contribution in [3.05, 3.63) is 0 Å². The van der Waals surface area contributed by atoms with Crippen LogP contribution in [0.25, 0.3) is 0 Å². The van der Waals surface area contributed by atoms with Gasteiger partial charge >= 0.3 is 0 Å². The van der Waals surface area contributed by atoms with Crippen LogP contribution in [-0.2, 0) is 4.79 Å². The van der Waals surface area contributed by atoms with Crippen molar-refractivity contribution in [2.24, 2.45) is 5.92 Å². The molecule has 0 aromatic heterocycles. The molecule has 1 nitrogen and oxygen atoms in total. The number of hydrogen-bond donors (Lipinski definition) is 0. The number of rotatable bonds is 4. The van der Waals surface area contributed by atoms with Crippen LogP contribution in [0.15, 0.2) is 0 Å². The quantitative estimate of drug-likeness (QED) is 0.343. The summed E-state index contributed by atoms with van der Waals surface area (Å²) >= 11 is 0. The second-order valence-corrected chi connectivity index (χ2v) is 2.77. The topological polar surface area (TPSA) is 17.1 Å². The van der Waals surface area contributed by atoms with Gasteiger partial charge in [0.2, 0.25) is 0 Å². The monoisotopic (exact) mass is 152 g/mol. The smallest absolute Gasteiger partial charge is 0.123 e. The molecule has 0 saturated carbocycles. The SMILES string of the molecule is CCCCC#CCC(C)C=O. The standard InChI is InChI=1S/C10H16O/c1-3-4-5-6-7-8-10(2)9-11/h9-10H,3-5,8H2,1-2H3. The fourth-order valence-electron chi connectivity index (χ4n) is 0.635. The molecule has 0 aliphatic heterocycles. The van der Waals surface area contributed by atoms with Crippen LogP contribution < -0.4 is 0 Å². The largest absolute Gasteiger partial charge is 0.303 e. The molecule has 62 valence electrons. The molecule has 0 bridgehead atoms. The van der Waals surface area contributed by atoms with Crippen LogP contribution in [0, 0.1) is 17.8 Å². The van der Waals surface area contributed by atoms with Gasteiger partial charge in [0.05, 0.1) is 0 Å². The summed E-state index contributed by atoms with van der Waals surface area (Å²) in [5, 5.41) is 0. The summed E-state index contributed by atoms with van der Waals surface area (Å²) in [4.78, 5) is 10.2. The number of hydrogen-bond acceptors (Lipinski definition) is 1. The van der Waals surface area contributed by atoms with Crippen molar-refractivity contribution in [1.29, 1.82) is 0 Å². The van der Waals surface area contributed by atoms with Gasteiger partial charge in [-0.1, -0.05) is 20.3 Å². The Kier molecular flexibility index (Phi) is 6.82. The van der Waals surface area contributed by atoms with Crippen LogP contribution in [-0.4, -0.2) is 6.29 Å². The van der Waals surface area contributed by atoms with Crippen LogP contribution in [0.5, 0.6) is 0 Å². The first kappa shape index (κ1) is 10.2. The maximum Gasteiger partial charge on any atom is 0.123 e. The lowest BCUT2D eigenvalue weighted by Crippen LogP contribution is -1.91. The second-order valence-electron chi connectivity index (χ2n) is 2.77. The summed E-state index contributed by atoms with van der Waals surface area (Å²) in [5.74, 6) is 6.13. The molecule has 1 atom stereocenters. The van der Waals surface area contributed by atoms with E-state index in [9.17, 15) is 4.79 Å². The van der Waals surface area contributed by atoms with E-state index in [-0.39, 0.29) is 5.92 Å². The first-order valence-electron chi connectivity index (χ1n) is 4.22. The summed E-state index contributed by atoms with van der Waals surface area (Å²) in [6.07, 6.45) is 5.00. The Hall–Kier alpha value is -0.770. The third kappa shape index (κ3) is 7.12. The Morgan fingerprint density at radius 2 is 2.18 bits per heavy atom. The third-order valence-corrected chi connectivity index (χ3v) is 1.44. The molecule has 0 fully saturated rings. The van der Waals surface area contributed by atoms with Crippen molar-refractivity contribution in [2.45, 2.75) is 39.5 Å². The second kappa shape index (κ2) is 7.34. The fraction of sp³-hybridized carbons (Fsp3) is 0.700. The minimum atomic E-state index is 0.101. The van der Waals surface area contributed by atoms with E-state index in [4.69, 9.17) is 0 Å². The van der Waals surface area contributed by atoms with Gasteiger partial charge in [-0.15, -0.1) is 11.8 Å². The van der Waals surface area contributed by atoms with Crippen LogP contribution in [0.3, 0.4) is 0 Å². The molecular formula is C10H16O. The summed E-state index contributed by atoms with van der Waals surface area (Å²) in [6, 6.07) is 0. The molecule has 0 aliphatic carbocycles. The zero-order chi connectivity index (χ0) is 8.53. The highest BCUT2D eigenvalue weighted by atomic mass is 16.1. The van der Waals surface area contributed by atoms with Crippen molar-refractivity contribution >= 4 is 6.29 Å². The van der Waals surface area contributed by atoms with Crippen LogP contribution in [0.4, 0.5) is 0 Å². The van der Waals surface area contributed by atoms with Gasteiger partial charge in [0, 0.05) is 18.8 Å². The molecule has 1 unspecified atom stereocenters. The maximum absolute atomic E-state index is 10.2. The Morgan fingerprint density at radius 3 is 2.73 bits per heavy atom. The molecule has 0 saturated heterocycles. The van der Waals surface area contributed by atoms with Gasteiger partial charge in [-0.05, 0) is 6.42 Å². The van der Waals surface area contributed by atoms with Crippen LogP contribution in [0.1, 0.15) is 39.5 Å². The van der Waals surface area contributed by atoms with E-state index in [1.165, 1.54) is 12.8 Å². The van der Waals surface area contributed by atoms with E-state index in [0.717, 1.165) is 12.7 Å². The van der Waals surface area contributed by atoms with Gasteiger partial charge in [0.25, 0.3) is 0 Å². The van der Waals surface area contributed by atoms with E-state index in [0.29, 0.717) is 6.42 Å². The highest BCUT2D eigenvalue weighted by Crippen LogP contribution is 1.95. The van der Waals surface area contributed by atoms with Crippen LogP contribution >= 0.6 is 0 Å². The first-order valence-corrected chi connectivity index (χ1v) is 4.22. The summed E-state index contributed by atoms with van der Waals surface area (Å²) in [5.41, 5.74) is 0. The molecule has 0 rings (SSSR count). The Bertz CT molecular complexity index is 150. The van der Waals surface area contributed by atoms with E-state index in [1.807, 2.05) is 6.92 Å². The Balaban J connectivity index is 3.31. The van der Waals surface area contributed by atoms with Gasteiger partial charge in [-0.2, -0.15) is 0 Å². The molecule has 1 heteroatoms. The molecule has 0 aromatic carbocycles.